The van der Waals surface area contributed by atoms with Crippen molar-refractivity contribution in [3.63, 3.8) is 0 Å². The van der Waals surface area contributed by atoms with E-state index in [9.17, 15) is 14.7 Å². The van der Waals surface area contributed by atoms with Crippen LogP contribution in [0, 0.1) is 6.92 Å². The number of nitrogens with zero attached hydrogens (tertiary/aromatic N) is 1. The molecule has 0 radical (unpaired) electrons. The minimum atomic E-state index is -1.34. The van der Waals surface area contributed by atoms with E-state index in [2.05, 4.69) is 10.3 Å². The Morgan fingerprint density at radius 1 is 1.43 bits per heavy atom. The maximum atomic E-state index is 12.5. The highest BCUT2D eigenvalue weighted by Crippen LogP contribution is 2.25. The first-order valence-electron chi connectivity index (χ1n) is 7.16. The lowest BCUT2D eigenvalue weighted by Gasteiger charge is -2.23. The summed E-state index contributed by atoms with van der Waals surface area (Å²) in [5.74, 6) is -1.50. The normalized spacial score (nSPS) is 20.4. The molecule has 2 aromatic rings. The molecule has 0 bridgehead atoms. The third-order valence-corrected chi connectivity index (χ3v) is 4.78. The van der Waals surface area contributed by atoms with Gasteiger partial charge in [0.1, 0.15) is 5.01 Å². The molecular weight excluding hydrogens is 316 g/mol. The highest BCUT2D eigenvalue weighted by atomic mass is 32.1. The number of hydrogen-bond donors (Lipinski definition) is 2. The molecule has 120 valence electrons. The van der Waals surface area contributed by atoms with Crippen LogP contribution in [0.2, 0.25) is 0 Å². The van der Waals surface area contributed by atoms with Gasteiger partial charge in [0, 0.05) is 35.2 Å². The zero-order valence-corrected chi connectivity index (χ0v) is 13.4. The number of amides is 1. The minimum absolute atomic E-state index is 0.0144. The predicted molar refractivity (Wildman–Crippen MR) is 85.6 cm³/mol. The van der Waals surface area contributed by atoms with Crippen molar-refractivity contribution < 1.29 is 19.4 Å². The van der Waals surface area contributed by atoms with Gasteiger partial charge in [0.05, 0.1) is 6.61 Å². The third-order valence-electron chi connectivity index (χ3n) is 3.77. The van der Waals surface area contributed by atoms with Crippen molar-refractivity contribution >= 4 is 23.2 Å². The zero-order chi connectivity index (χ0) is 16.4. The molecule has 0 spiro atoms. The van der Waals surface area contributed by atoms with E-state index >= 15 is 0 Å². The van der Waals surface area contributed by atoms with E-state index in [0.29, 0.717) is 12.2 Å². The molecule has 2 heterocycles. The van der Waals surface area contributed by atoms with Crippen LogP contribution in [-0.2, 0) is 9.53 Å². The number of carboxylic acid groups (broad SMARTS) is 1. The predicted octanol–water partition coefficient (Wildman–Crippen LogP) is 2.09. The number of carbonyl (C=O) groups excluding carboxylic acids is 1. The van der Waals surface area contributed by atoms with Crippen LogP contribution < -0.4 is 5.32 Å². The SMILES string of the molecule is Cc1csc(-c2cccc(C(=O)NC3(C(=O)O)CCOC3)c2)n1. The molecule has 7 heteroatoms. The van der Waals surface area contributed by atoms with Crippen molar-refractivity contribution in [3.8, 4) is 10.6 Å². The largest absolute Gasteiger partial charge is 0.479 e. The van der Waals surface area contributed by atoms with Crippen LogP contribution in [0.5, 0.6) is 0 Å². The van der Waals surface area contributed by atoms with Gasteiger partial charge in [-0.3, -0.25) is 4.79 Å². The van der Waals surface area contributed by atoms with Crippen molar-refractivity contribution in [1.82, 2.24) is 10.3 Å². The summed E-state index contributed by atoms with van der Waals surface area (Å²) in [4.78, 5) is 28.3. The summed E-state index contributed by atoms with van der Waals surface area (Å²) >= 11 is 1.50. The Bertz CT molecular complexity index is 750. The average Bonchev–Trinajstić information content (AvgIpc) is 3.17. The molecular formula is C16H16N2O4S. The summed E-state index contributed by atoms with van der Waals surface area (Å²) in [7, 11) is 0. The van der Waals surface area contributed by atoms with Crippen LogP contribution in [0.25, 0.3) is 10.6 Å². The summed E-state index contributed by atoms with van der Waals surface area (Å²) in [6, 6.07) is 7.02. The number of carboxylic acids is 1. The van der Waals surface area contributed by atoms with E-state index in [1.807, 2.05) is 18.4 Å². The van der Waals surface area contributed by atoms with Gasteiger partial charge in [-0.25, -0.2) is 9.78 Å². The molecule has 1 aromatic heterocycles. The van der Waals surface area contributed by atoms with Gasteiger partial charge in [0.2, 0.25) is 0 Å². The fraction of sp³-hybridized carbons (Fsp3) is 0.312. The molecule has 1 aliphatic rings. The molecule has 2 N–H and O–H groups in total. The summed E-state index contributed by atoms with van der Waals surface area (Å²) in [6.07, 6.45) is 0.263. The van der Waals surface area contributed by atoms with E-state index < -0.39 is 17.4 Å². The smallest absolute Gasteiger partial charge is 0.331 e. The number of nitrogens with one attached hydrogen (secondary N) is 1. The molecule has 1 amide bonds. The van der Waals surface area contributed by atoms with Crippen LogP contribution in [0.3, 0.4) is 0 Å². The second kappa shape index (κ2) is 6.10. The van der Waals surface area contributed by atoms with Crippen LogP contribution in [-0.4, -0.2) is 40.7 Å². The van der Waals surface area contributed by atoms with Gasteiger partial charge in [-0.15, -0.1) is 11.3 Å². The molecule has 3 rings (SSSR count). The van der Waals surface area contributed by atoms with Crippen molar-refractivity contribution in [2.75, 3.05) is 13.2 Å². The number of aromatic nitrogens is 1. The molecule has 23 heavy (non-hydrogen) atoms. The van der Waals surface area contributed by atoms with E-state index in [1.54, 1.807) is 18.2 Å². The lowest BCUT2D eigenvalue weighted by atomic mass is 9.98. The maximum Gasteiger partial charge on any atom is 0.331 e. The standard InChI is InChI=1S/C16H16N2O4S/c1-10-8-23-14(17-10)12-4-2-3-11(7-12)13(19)18-16(15(20)21)5-6-22-9-16/h2-4,7-8H,5-6,9H2,1H3,(H,18,19)(H,20,21). The Morgan fingerprint density at radius 3 is 2.87 bits per heavy atom. The molecule has 1 saturated heterocycles. The third kappa shape index (κ3) is 3.11. The topological polar surface area (TPSA) is 88.5 Å². The lowest BCUT2D eigenvalue weighted by molar-refractivity contribution is -0.144. The van der Waals surface area contributed by atoms with E-state index in [4.69, 9.17) is 4.74 Å². The summed E-state index contributed by atoms with van der Waals surface area (Å²) in [5, 5.41) is 14.8. The maximum absolute atomic E-state index is 12.5. The van der Waals surface area contributed by atoms with Crippen molar-refractivity contribution in [2.24, 2.45) is 0 Å². The van der Waals surface area contributed by atoms with E-state index in [1.165, 1.54) is 11.3 Å². The first-order valence-corrected chi connectivity index (χ1v) is 8.04. The average molecular weight is 332 g/mol. The Labute approximate surface area is 137 Å². The van der Waals surface area contributed by atoms with Gasteiger partial charge in [-0.2, -0.15) is 0 Å². The molecule has 1 aliphatic heterocycles. The number of thiazole rings is 1. The first kappa shape index (κ1) is 15.6. The summed E-state index contributed by atoms with van der Waals surface area (Å²) in [5.41, 5.74) is 0.823. The second-order valence-electron chi connectivity index (χ2n) is 5.52. The van der Waals surface area contributed by atoms with E-state index in [0.717, 1.165) is 16.3 Å². The lowest BCUT2D eigenvalue weighted by Crippen LogP contribution is -2.55. The van der Waals surface area contributed by atoms with Gasteiger partial charge in [-0.1, -0.05) is 12.1 Å². The highest BCUT2D eigenvalue weighted by molar-refractivity contribution is 7.13. The summed E-state index contributed by atoms with van der Waals surface area (Å²) in [6.45, 7) is 2.22. The Balaban J connectivity index is 1.84. The van der Waals surface area contributed by atoms with Crippen molar-refractivity contribution in [3.05, 3.63) is 40.9 Å². The quantitative estimate of drug-likeness (QED) is 0.895. The monoisotopic (exact) mass is 332 g/mol. The van der Waals surface area contributed by atoms with Gasteiger partial charge in [0.25, 0.3) is 5.91 Å². The first-order chi connectivity index (χ1) is 11.0. The van der Waals surface area contributed by atoms with Crippen molar-refractivity contribution in [2.45, 2.75) is 18.9 Å². The number of aliphatic carboxylic acids is 1. The van der Waals surface area contributed by atoms with Crippen LogP contribution in [0.15, 0.2) is 29.6 Å². The molecule has 1 fully saturated rings. The fourth-order valence-electron chi connectivity index (χ4n) is 2.46. The Kier molecular flexibility index (Phi) is 4.14. The minimum Gasteiger partial charge on any atom is -0.479 e. The molecule has 0 saturated carbocycles. The highest BCUT2D eigenvalue weighted by Gasteiger charge is 2.44. The Morgan fingerprint density at radius 2 is 2.26 bits per heavy atom. The molecule has 1 unspecified atom stereocenters. The van der Waals surface area contributed by atoms with Crippen LogP contribution >= 0.6 is 11.3 Å². The fourth-order valence-corrected chi connectivity index (χ4v) is 3.25. The summed E-state index contributed by atoms with van der Waals surface area (Å²) < 4.78 is 5.15. The number of rotatable bonds is 4. The number of hydrogen-bond acceptors (Lipinski definition) is 5. The zero-order valence-electron chi connectivity index (χ0n) is 12.5. The van der Waals surface area contributed by atoms with Gasteiger partial charge >= 0.3 is 5.97 Å². The van der Waals surface area contributed by atoms with Crippen molar-refractivity contribution in [1.29, 1.82) is 0 Å². The molecule has 0 aliphatic carbocycles. The second-order valence-corrected chi connectivity index (χ2v) is 6.38. The number of carbonyl (C=O) groups is 2. The molecule has 1 aromatic carbocycles. The van der Waals surface area contributed by atoms with Crippen LogP contribution in [0.4, 0.5) is 0 Å². The molecule has 6 nitrogen and oxygen atoms in total. The van der Waals surface area contributed by atoms with Gasteiger partial charge in [0.15, 0.2) is 5.54 Å². The number of aryl methyl sites for hydroxylation is 1. The van der Waals surface area contributed by atoms with E-state index in [-0.39, 0.29) is 13.0 Å². The number of ether oxygens (including phenoxy) is 1. The van der Waals surface area contributed by atoms with Gasteiger partial charge < -0.3 is 15.2 Å². The van der Waals surface area contributed by atoms with Crippen LogP contribution in [0.1, 0.15) is 22.5 Å². The molecule has 1 atom stereocenters. The van der Waals surface area contributed by atoms with Gasteiger partial charge in [-0.05, 0) is 19.1 Å². The Hall–Kier alpha value is -2.25. The number of benzene rings is 1.